The Kier molecular flexibility index (Phi) is 3.45. The largest absolute Gasteiger partial charge is 0.493 e. The minimum Gasteiger partial charge on any atom is -0.493 e. The van der Waals surface area contributed by atoms with Gasteiger partial charge < -0.3 is 14.8 Å². The molecule has 104 valence electrons. The van der Waals surface area contributed by atoms with E-state index < -0.39 is 0 Å². The molecule has 3 rings (SSSR count). The lowest BCUT2D eigenvalue weighted by molar-refractivity contribution is 0.354. The molecule has 0 spiro atoms. The Balaban J connectivity index is 1.89. The van der Waals surface area contributed by atoms with E-state index >= 15 is 0 Å². The Labute approximate surface area is 123 Å². The summed E-state index contributed by atoms with van der Waals surface area (Å²) in [5.41, 5.74) is 3.57. The standard InChI is InChI=1S/C16H16ClNO2/c1-19-15-6-3-10(9-16(15)20-2)14-8-11-7-12(17)4-5-13(11)18-14/h3-7,9,14,18H,8H2,1-2H3. The number of rotatable bonds is 3. The third-order valence-electron chi connectivity index (χ3n) is 3.63. The van der Waals surface area contributed by atoms with Crippen molar-refractivity contribution >= 4 is 17.3 Å². The van der Waals surface area contributed by atoms with Crippen molar-refractivity contribution in [1.82, 2.24) is 0 Å². The molecule has 0 bridgehead atoms. The van der Waals surface area contributed by atoms with Crippen LogP contribution < -0.4 is 14.8 Å². The number of anilines is 1. The quantitative estimate of drug-likeness (QED) is 0.924. The van der Waals surface area contributed by atoms with E-state index in [2.05, 4.69) is 11.4 Å². The lowest BCUT2D eigenvalue weighted by Gasteiger charge is -2.14. The first-order valence-electron chi connectivity index (χ1n) is 6.48. The van der Waals surface area contributed by atoms with Gasteiger partial charge in [0.2, 0.25) is 0 Å². The minimum atomic E-state index is 0.239. The van der Waals surface area contributed by atoms with Crippen LogP contribution in [-0.2, 0) is 6.42 Å². The molecule has 1 atom stereocenters. The van der Waals surface area contributed by atoms with Gasteiger partial charge in [-0.1, -0.05) is 17.7 Å². The maximum atomic E-state index is 6.04. The Bertz CT molecular complexity index is 642. The number of halogens is 1. The third-order valence-corrected chi connectivity index (χ3v) is 3.87. The first-order chi connectivity index (χ1) is 9.71. The number of hydrogen-bond donors (Lipinski definition) is 1. The van der Waals surface area contributed by atoms with Gasteiger partial charge in [0.05, 0.1) is 20.3 Å². The fourth-order valence-corrected chi connectivity index (χ4v) is 2.80. The molecule has 0 fully saturated rings. The normalized spacial score (nSPS) is 16.4. The van der Waals surface area contributed by atoms with Gasteiger partial charge in [-0.05, 0) is 47.9 Å². The van der Waals surface area contributed by atoms with Gasteiger partial charge in [0.1, 0.15) is 0 Å². The summed E-state index contributed by atoms with van der Waals surface area (Å²) in [6.45, 7) is 0. The van der Waals surface area contributed by atoms with Crippen molar-refractivity contribution < 1.29 is 9.47 Å². The van der Waals surface area contributed by atoms with E-state index in [0.717, 1.165) is 28.6 Å². The molecule has 0 amide bonds. The zero-order valence-electron chi connectivity index (χ0n) is 11.4. The number of nitrogens with one attached hydrogen (secondary N) is 1. The van der Waals surface area contributed by atoms with Crippen LogP contribution in [-0.4, -0.2) is 14.2 Å². The number of methoxy groups -OCH3 is 2. The zero-order chi connectivity index (χ0) is 14.1. The Morgan fingerprint density at radius 3 is 2.60 bits per heavy atom. The van der Waals surface area contributed by atoms with Crippen LogP contribution in [0.2, 0.25) is 5.02 Å². The fraction of sp³-hybridized carbons (Fsp3) is 0.250. The summed E-state index contributed by atoms with van der Waals surface area (Å²) < 4.78 is 10.6. The third kappa shape index (κ3) is 2.29. The second-order valence-corrected chi connectivity index (χ2v) is 5.25. The lowest BCUT2D eigenvalue weighted by Crippen LogP contribution is -2.06. The van der Waals surface area contributed by atoms with Gasteiger partial charge >= 0.3 is 0 Å². The van der Waals surface area contributed by atoms with Crippen LogP contribution in [0.4, 0.5) is 5.69 Å². The Hall–Kier alpha value is -1.87. The Morgan fingerprint density at radius 2 is 1.85 bits per heavy atom. The molecule has 2 aromatic carbocycles. The molecule has 1 unspecified atom stereocenters. The average molecular weight is 290 g/mol. The summed E-state index contributed by atoms with van der Waals surface area (Å²) in [6, 6.07) is 12.2. The van der Waals surface area contributed by atoms with Crippen molar-refractivity contribution in [2.75, 3.05) is 19.5 Å². The van der Waals surface area contributed by atoms with Gasteiger partial charge in [0.25, 0.3) is 0 Å². The van der Waals surface area contributed by atoms with Gasteiger partial charge in [-0.2, -0.15) is 0 Å². The topological polar surface area (TPSA) is 30.5 Å². The molecule has 0 saturated carbocycles. The smallest absolute Gasteiger partial charge is 0.161 e. The molecule has 0 radical (unpaired) electrons. The van der Waals surface area contributed by atoms with Gasteiger partial charge in [0, 0.05) is 10.7 Å². The van der Waals surface area contributed by atoms with E-state index in [1.54, 1.807) is 14.2 Å². The highest BCUT2D eigenvalue weighted by Gasteiger charge is 2.23. The molecular formula is C16H16ClNO2. The summed E-state index contributed by atoms with van der Waals surface area (Å²) >= 11 is 6.04. The lowest BCUT2D eigenvalue weighted by atomic mass is 10.0. The van der Waals surface area contributed by atoms with Crippen molar-refractivity contribution in [2.45, 2.75) is 12.5 Å². The average Bonchev–Trinajstić information content (AvgIpc) is 2.89. The molecule has 1 heterocycles. The Morgan fingerprint density at radius 1 is 1.05 bits per heavy atom. The highest BCUT2D eigenvalue weighted by molar-refractivity contribution is 6.30. The summed E-state index contributed by atoms with van der Waals surface area (Å²) in [5, 5.41) is 4.29. The van der Waals surface area contributed by atoms with E-state index in [-0.39, 0.29) is 6.04 Å². The molecule has 2 aromatic rings. The van der Waals surface area contributed by atoms with Crippen molar-refractivity contribution in [3.8, 4) is 11.5 Å². The van der Waals surface area contributed by atoms with Crippen LogP contribution in [0.15, 0.2) is 36.4 Å². The van der Waals surface area contributed by atoms with Crippen molar-refractivity contribution in [2.24, 2.45) is 0 Å². The highest BCUT2D eigenvalue weighted by Crippen LogP contribution is 2.38. The maximum Gasteiger partial charge on any atom is 0.161 e. The number of benzene rings is 2. The number of hydrogen-bond acceptors (Lipinski definition) is 3. The minimum absolute atomic E-state index is 0.239. The summed E-state index contributed by atoms with van der Waals surface area (Å²) in [4.78, 5) is 0. The van der Waals surface area contributed by atoms with E-state index in [9.17, 15) is 0 Å². The molecule has 0 aromatic heterocycles. The van der Waals surface area contributed by atoms with Crippen LogP contribution in [0.25, 0.3) is 0 Å². The van der Waals surface area contributed by atoms with Crippen molar-refractivity contribution in [1.29, 1.82) is 0 Å². The molecule has 4 heteroatoms. The van der Waals surface area contributed by atoms with Gasteiger partial charge in [-0.15, -0.1) is 0 Å². The predicted molar refractivity (Wildman–Crippen MR) is 81.1 cm³/mol. The maximum absolute atomic E-state index is 6.04. The summed E-state index contributed by atoms with van der Waals surface area (Å²) in [7, 11) is 3.29. The SMILES string of the molecule is COc1ccc(C2Cc3cc(Cl)ccc3N2)cc1OC. The second-order valence-electron chi connectivity index (χ2n) is 4.82. The molecule has 1 aliphatic heterocycles. The summed E-state index contributed by atoms with van der Waals surface area (Å²) in [6.07, 6.45) is 0.922. The molecule has 3 nitrogen and oxygen atoms in total. The van der Waals surface area contributed by atoms with E-state index in [1.165, 1.54) is 11.1 Å². The van der Waals surface area contributed by atoms with Crippen LogP contribution in [0.1, 0.15) is 17.2 Å². The molecule has 1 N–H and O–H groups in total. The second kappa shape index (κ2) is 5.25. The van der Waals surface area contributed by atoms with Crippen molar-refractivity contribution in [3.63, 3.8) is 0 Å². The van der Waals surface area contributed by atoms with Crippen LogP contribution in [0.5, 0.6) is 11.5 Å². The first kappa shape index (κ1) is 13.1. The van der Waals surface area contributed by atoms with Gasteiger partial charge in [0.15, 0.2) is 11.5 Å². The zero-order valence-corrected chi connectivity index (χ0v) is 12.2. The molecule has 0 saturated heterocycles. The van der Waals surface area contributed by atoms with E-state index in [1.807, 2.05) is 30.3 Å². The summed E-state index contributed by atoms with van der Waals surface area (Å²) in [5.74, 6) is 1.50. The van der Waals surface area contributed by atoms with Crippen LogP contribution in [0.3, 0.4) is 0 Å². The first-order valence-corrected chi connectivity index (χ1v) is 6.86. The fourth-order valence-electron chi connectivity index (χ4n) is 2.60. The number of fused-ring (bicyclic) bond motifs is 1. The van der Waals surface area contributed by atoms with E-state index in [4.69, 9.17) is 21.1 Å². The van der Waals surface area contributed by atoms with Crippen molar-refractivity contribution in [3.05, 3.63) is 52.5 Å². The van der Waals surface area contributed by atoms with Gasteiger partial charge in [-0.25, -0.2) is 0 Å². The monoisotopic (exact) mass is 289 g/mol. The van der Waals surface area contributed by atoms with Crippen LogP contribution in [0, 0.1) is 0 Å². The molecule has 1 aliphatic rings. The highest BCUT2D eigenvalue weighted by atomic mass is 35.5. The van der Waals surface area contributed by atoms with Gasteiger partial charge in [-0.3, -0.25) is 0 Å². The number of ether oxygens (including phenoxy) is 2. The predicted octanol–water partition coefficient (Wildman–Crippen LogP) is 4.07. The molecule has 20 heavy (non-hydrogen) atoms. The molecule has 0 aliphatic carbocycles. The van der Waals surface area contributed by atoms with E-state index in [0.29, 0.717) is 0 Å². The molecular weight excluding hydrogens is 274 g/mol. The van der Waals surface area contributed by atoms with Crippen LogP contribution >= 0.6 is 11.6 Å².